The van der Waals surface area contributed by atoms with Gasteiger partial charge in [-0.05, 0) is 55.4 Å². The summed E-state index contributed by atoms with van der Waals surface area (Å²) in [6.07, 6.45) is 8.02. The van der Waals surface area contributed by atoms with Crippen LogP contribution in [0.2, 0.25) is 0 Å². The van der Waals surface area contributed by atoms with E-state index in [1.165, 1.54) is 48.4 Å². The van der Waals surface area contributed by atoms with Crippen LogP contribution in [0.4, 0.5) is 4.39 Å². The molecular formula is C24H28FN3O. The van der Waals surface area contributed by atoms with Crippen molar-refractivity contribution in [2.24, 2.45) is 0 Å². The van der Waals surface area contributed by atoms with E-state index in [1.807, 2.05) is 12.3 Å². The van der Waals surface area contributed by atoms with Gasteiger partial charge in [-0.25, -0.2) is 9.37 Å². The van der Waals surface area contributed by atoms with Gasteiger partial charge in [0, 0.05) is 42.5 Å². The Labute approximate surface area is 170 Å². The van der Waals surface area contributed by atoms with Gasteiger partial charge >= 0.3 is 0 Å². The Bertz CT molecular complexity index is 1000. The zero-order valence-electron chi connectivity index (χ0n) is 16.7. The molecule has 2 fully saturated rings. The van der Waals surface area contributed by atoms with Crippen LogP contribution in [0.25, 0.3) is 11.0 Å². The highest BCUT2D eigenvalue weighted by Gasteiger charge is 2.36. The Morgan fingerprint density at radius 3 is 2.62 bits per heavy atom. The number of fused-ring (bicyclic) bond motifs is 1. The number of hydrogen-bond acceptors (Lipinski definition) is 3. The van der Waals surface area contributed by atoms with E-state index in [0.29, 0.717) is 24.3 Å². The van der Waals surface area contributed by atoms with Crippen LogP contribution in [-0.2, 0) is 12.1 Å². The van der Waals surface area contributed by atoms with Crippen LogP contribution < -0.4 is 0 Å². The van der Waals surface area contributed by atoms with Crippen molar-refractivity contribution in [1.82, 2.24) is 14.9 Å². The fraction of sp³-hybridized carbons (Fsp3) is 0.458. The molecule has 1 saturated carbocycles. The van der Waals surface area contributed by atoms with E-state index in [2.05, 4.69) is 20.9 Å². The first-order valence-corrected chi connectivity index (χ1v) is 10.8. The Morgan fingerprint density at radius 2 is 1.86 bits per heavy atom. The Kier molecular flexibility index (Phi) is 4.88. The van der Waals surface area contributed by atoms with Gasteiger partial charge in [0.25, 0.3) is 0 Å². The highest BCUT2D eigenvalue weighted by Crippen LogP contribution is 2.39. The van der Waals surface area contributed by atoms with Gasteiger partial charge < -0.3 is 10.1 Å². The van der Waals surface area contributed by atoms with Crippen molar-refractivity contribution in [2.45, 2.75) is 56.6 Å². The first-order valence-electron chi connectivity index (χ1n) is 10.8. The number of pyridine rings is 1. The third kappa shape index (κ3) is 3.47. The number of aromatic amines is 1. The van der Waals surface area contributed by atoms with Crippen molar-refractivity contribution >= 4 is 11.0 Å². The summed E-state index contributed by atoms with van der Waals surface area (Å²) in [7, 11) is 0. The van der Waals surface area contributed by atoms with Crippen LogP contribution in [0, 0.1) is 5.82 Å². The predicted molar refractivity (Wildman–Crippen MR) is 112 cm³/mol. The van der Waals surface area contributed by atoms with Crippen molar-refractivity contribution in [3.05, 3.63) is 65.2 Å². The van der Waals surface area contributed by atoms with E-state index in [4.69, 9.17) is 0 Å². The molecule has 1 aliphatic carbocycles. The first-order chi connectivity index (χ1) is 14.1. The highest BCUT2D eigenvalue weighted by molar-refractivity contribution is 5.81. The fourth-order valence-electron chi connectivity index (χ4n) is 5.24. The third-order valence-electron chi connectivity index (χ3n) is 6.91. The van der Waals surface area contributed by atoms with E-state index in [9.17, 15) is 9.50 Å². The number of aromatic nitrogens is 2. The molecule has 0 amide bonds. The van der Waals surface area contributed by atoms with Gasteiger partial charge in [0.05, 0.1) is 5.60 Å². The second kappa shape index (κ2) is 7.54. The Hall–Kier alpha value is -2.24. The highest BCUT2D eigenvalue weighted by atomic mass is 19.1. The van der Waals surface area contributed by atoms with Crippen molar-refractivity contribution in [3.63, 3.8) is 0 Å². The van der Waals surface area contributed by atoms with Crippen LogP contribution in [0.1, 0.15) is 61.3 Å². The maximum atomic E-state index is 14.2. The smallest absolute Gasteiger partial charge is 0.137 e. The lowest BCUT2D eigenvalue weighted by molar-refractivity contribution is -0.0302. The number of nitrogens with one attached hydrogen (secondary N) is 1. The molecule has 3 heterocycles. The SMILES string of the molecule is OC1(c2ccccc2F)CCN(Cc2c(C3CCCC3)[nH]c3ncccc23)CC1. The number of H-pyrrole nitrogens is 1. The Balaban J connectivity index is 1.37. The second-order valence-corrected chi connectivity index (χ2v) is 8.69. The molecule has 152 valence electrons. The van der Waals surface area contributed by atoms with Crippen molar-refractivity contribution in [3.8, 4) is 0 Å². The number of hydrogen-bond donors (Lipinski definition) is 2. The maximum absolute atomic E-state index is 14.2. The monoisotopic (exact) mass is 393 g/mol. The summed E-state index contributed by atoms with van der Waals surface area (Å²) < 4.78 is 14.2. The molecule has 2 N–H and O–H groups in total. The van der Waals surface area contributed by atoms with Crippen LogP contribution in [0.15, 0.2) is 42.6 Å². The molecule has 0 bridgehead atoms. The molecule has 2 aliphatic rings. The number of halogens is 1. The van der Waals surface area contributed by atoms with Crippen molar-refractivity contribution < 1.29 is 9.50 Å². The van der Waals surface area contributed by atoms with Gasteiger partial charge in [-0.2, -0.15) is 0 Å². The van der Waals surface area contributed by atoms with Crippen LogP contribution >= 0.6 is 0 Å². The quantitative estimate of drug-likeness (QED) is 0.667. The average Bonchev–Trinajstić information content (AvgIpc) is 3.38. The van der Waals surface area contributed by atoms with Crippen molar-refractivity contribution in [2.75, 3.05) is 13.1 Å². The lowest BCUT2D eigenvalue weighted by atomic mass is 9.84. The van der Waals surface area contributed by atoms with Crippen LogP contribution in [0.5, 0.6) is 0 Å². The average molecular weight is 394 g/mol. The number of rotatable bonds is 4. The molecule has 1 aromatic carbocycles. The zero-order chi connectivity index (χ0) is 19.8. The minimum Gasteiger partial charge on any atom is -0.385 e. The summed E-state index contributed by atoms with van der Waals surface area (Å²) in [5.41, 5.74) is 3.05. The molecular weight excluding hydrogens is 365 g/mol. The third-order valence-corrected chi connectivity index (χ3v) is 6.91. The van der Waals surface area contributed by atoms with E-state index in [-0.39, 0.29) is 5.82 Å². The summed E-state index contributed by atoms with van der Waals surface area (Å²) in [4.78, 5) is 10.5. The second-order valence-electron chi connectivity index (χ2n) is 8.69. The topological polar surface area (TPSA) is 52.1 Å². The summed E-state index contributed by atoms with van der Waals surface area (Å²) >= 11 is 0. The van der Waals surface area contributed by atoms with E-state index < -0.39 is 5.60 Å². The van der Waals surface area contributed by atoms with Gasteiger partial charge in [0.15, 0.2) is 0 Å². The molecule has 1 saturated heterocycles. The number of aliphatic hydroxyl groups is 1. The lowest BCUT2D eigenvalue weighted by Gasteiger charge is -2.38. The first kappa shape index (κ1) is 18.8. The molecule has 5 heteroatoms. The van der Waals surface area contributed by atoms with Gasteiger partial charge in [-0.1, -0.05) is 31.0 Å². The molecule has 0 spiro atoms. The normalized spacial score (nSPS) is 20.5. The van der Waals surface area contributed by atoms with E-state index in [0.717, 1.165) is 25.3 Å². The minimum absolute atomic E-state index is 0.310. The fourth-order valence-corrected chi connectivity index (χ4v) is 5.24. The van der Waals surface area contributed by atoms with Gasteiger partial charge in [-0.15, -0.1) is 0 Å². The van der Waals surface area contributed by atoms with E-state index >= 15 is 0 Å². The Morgan fingerprint density at radius 1 is 1.10 bits per heavy atom. The molecule has 5 rings (SSSR count). The molecule has 29 heavy (non-hydrogen) atoms. The summed E-state index contributed by atoms with van der Waals surface area (Å²) in [6.45, 7) is 2.36. The largest absolute Gasteiger partial charge is 0.385 e. The zero-order valence-corrected chi connectivity index (χ0v) is 16.7. The van der Waals surface area contributed by atoms with Crippen molar-refractivity contribution in [1.29, 1.82) is 0 Å². The van der Waals surface area contributed by atoms with Crippen LogP contribution in [0.3, 0.4) is 0 Å². The summed E-state index contributed by atoms with van der Waals surface area (Å²) in [5.74, 6) is 0.286. The standard InChI is InChI=1S/C24H28FN3O/c25-21-10-4-3-9-20(21)24(29)11-14-28(15-12-24)16-19-18-8-5-13-26-23(18)27-22(19)17-6-1-2-7-17/h3-5,8-10,13,17,29H,1-2,6-7,11-12,14-16H2,(H,26,27). The number of likely N-dealkylation sites (tertiary alicyclic amines) is 1. The molecule has 0 atom stereocenters. The van der Waals surface area contributed by atoms with Gasteiger partial charge in [0.1, 0.15) is 11.5 Å². The minimum atomic E-state index is -1.07. The molecule has 1 aliphatic heterocycles. The van der Waals surface area contributed by atoms with Gasteiger partial charge in [-0.3, -0.25) is 4.90 Å². The number of piperidine rings is 1. The predicted octanol–water partition coefficient (Wildman–Crippen LogP) is 4.84. The molecule has 0 radical (unpaired) electrons. The molecule has 4 nitrogen and oxygen atoms in total. The maximum Gasteiger partial charge on any atom is 0.137 e. The number of nitrogens with zero attached hydrogens (tertiary/aromatic N) is 2. The lowest BCUT2D eigenvalue weighted by Crippen LogP contribution is -2.42. The summed E-state index contributed by atoms with van der Waals surface area (Å²) in [5, 5.41) is 12.3. The summed E-state index contributed by atoms with van der Waals surface area (Å²) in [6, 6.07) is 10.8. The molecule has 3 aromatic rings. The van der Waals surface area contributed by atoms with Crippen LogP contribution in [-0.4, -0.2) is 33.1 Å². The molecule has 2 aromatic heterocycles. The van der Waals surface area contributed by atoms with Gasteiger partial charge in [0.2, 0.25) is 0 Å². The van der Waals surface area contributed by atoms with E-state index in [1.54, 1.807) is 18.2 Å². The number of benzene rings is 1. The molecule has 0 unspecified atom stereocenters.